The van der Waals surface area contributed by atoms with Crippen LogP contribution in [0.5, 0.6) is 5.75 Å². The molecule has 0 unspecified atom stereocenters. The van der Waals surface area contributed by atoms with E-state index in [4.69, 9.17) is 4.74 Å². The smallest absolute Gasteiger partial charge is 0.224 e. The summed E-state index contributed by atoms with van der Waals surface area (Å²) in [6.45, 7) is 6.14. The molecule has 0 N–H and O–H groups in total. The molecule has 0 bridgehead atoms. The SMILES string of the molecule is COc1cccc(CN2CCC(=O)N(Cc3ccccc3C)CC2)c1. The Kier molecular flexibility index (Phi) is 5.71. The minimum absolute atomic E-state index is 0.247. The van der Waals surface area contributed by atoms with Crippen LogP contribution in [0.25, 0.3) is 0 Å². The quantitative estimate of drug-likeness (QED) is 0.839. The summed E-state index contributed by atoms with van der Waals surface area (Å²) in [6, 6.07) is 16.5. The van der Waals surface area contributed by atoms with E-state index in [9.17, 15) is 4.79 Å². The van der Waals surface area contributed by atoms with E-state index in [1.165, 1.54) is 16.7 Å². The van der Waals surface area contributed by atoms with Gasteiger partial charge in [-0.15, -0.1) is 0 Å². The number of nitrogens with zero attached hydrogens (tertiary/aromatic N) is 2. The molecule has 1 aliphatic heterocycles. The highest BCUT2D eigenvalue weighted by atomic mass is 16.5. The van der Waals surface area contributed by atoms with Gasteiger partial charge in [0.15, 0.2) is 0 Å². The predicted molar refractivity (Wildman–Crippen MR) is 99.5 cm³/mol. The zero-order chi connectivity index (χ0) is 17.6. The highest BCUT2D eigenvalue weighted by Crippen LogP contribution is 2.17. The summed E-state index contributed by atoms with van der Waals surface area (Å²) in [5, 5.41) is 0. The molecule has 1 aliphatic rings. The fourth-order valence-electron chi connectivity index (χ4n) is 3.26. The first-order chi connectivity index (χ1) is 12.2. The van der Waals surface area contributed by atoms with Gasteiger partial charge in [-0.2, -0.15) is 0 Å². The molecule has 3 rings (SSSR count). The van der Waals surface area contributed by atoms with E-state index < -0.39 is 0 Å². The van der Waals surface area contributed by atoms with Crippen molar-refractivity contribution in [1.82, 2.24) is 9.80 Å². The maximum absolute atomic E-state index is 12.5. The highest BCUT2D eigenvalue weighted by Gasteiger charge is 2.21. The third kappa shape index (κ3) is 4.60. The van der Waals surface area contributed by atoms with E-state index in [1.54, 1.807) is 7.11 Å². The Bertz CT molecular complexity index is 729. The van der Waals surface area contributed by atoms with E-state index in [0.717, 1.165) is 31.9 Å². The van der Waals surface area contributed by atoms with Crippen LogP contribution in [-0.4, -0.2) is 42.5 Å². The van der Waals surface area contributed by atoms with Gasteiger partial charge < -0.3 is 9.64 Å². The topological polar surface area (TPSA) is 32.8 Å². The van der Waals surface area contributed by atoms with Gasteiger partial charge in [0, 0.05) is 39.1 Å². The Balaban J connectivity index is 1.62. The molecule has 0 aliphatic carbocycles. The number of carbonyl (C=O) groups is 1. The van der Waals surface area contributed by atoms with Crippen LogP contribution in [0.3, 0.4) is 0 Å². The number of ether oxygens (including phenoxy) is 1. The molecule has 0 spiro atoms. The van der Waals surface area contributed by atoms with Crippen molar-refractivity contribution in [3.8, 4) is 5.75 Å². The second-order valence-corrected chi connectivity index (χ2v) is 6.62. The summed E-state index contributed by atoms with van der Waals surface area (Å²) in [5.41, 5.74) is 3.70. The Morgan fingerprint density at radius 3 is 2.64 bits per heavy atom. The van der Waals surface area contributed by atoms with Crippen LogP contribution >= 0.6 is 0 Å². The molecule has 1 saturated heterocycles. The largest absolute Gasteiger partial charge is 0.497 e. The highest BCUT2D eigenvalue weighted by molar-refractivity contribution is 5.76. The zero-order valence-electron chi connectivity index (χ0n) is 15.1. The summed E-state index contributed by atoms with van der Waals surface area (Å²) < 4.78 is 5.30. The van der Waals surface area contributed by atoms with Gasteiger partial charge in [0.2, 0.25) is 5.91 Å². The summed E-state index contributed by atoms with van der Waals surface area (Å²) >= 11 is 0. The summed E-state index contributed by atoms with van der Waals surface area (Å²) in [5.74, 6) is 1.13. The Hall–Kier alpha value is -2.33. The Morgan fingerprint density at radius 1 is 1.00 bits per heavy atom. The van der Waals surface area contributed by atoms with E-state index in [-0.39, 0.29) is 5.91 Å². The van der Waals surface area contributed by atoms with Crippen LogP contribution < -0.4 is 4.74 Å². The van der Waals surface area contributed by atoms with Gasteiger partial charge in [0.05, 0.1) is 7.11 Å². The fourth-order valence-corrected chi connectivity index (χ4v) is 3.26. The van der Waals surface area contributed by atoms with E-state index >= 15 is 0 Å². The Labute approximate surface area is 150 Å². The number of methoxy groups -OCH3 is 1. The van der Waals surface area contributed by atoms with Crippen molar-refractivity contribution in [1.29, 1.82) is 0 Å². The zero-order valence-corrected chi connectivity index (χ0v) is 15.1. The lowest BCUT2D eigenvalue weighted by atomic mass is 10.1. The molecule has 0 atom stereocenters. The number of amides is 1. The number of carbonyl (C=O) groups excluding carboxylic acids is 1. The molecule has 0 radical (unpaired) electrons. The van der Waals surface area contributed by atoms with Crippen molar-refractivity contribution in [2.45, 2.75) is 26.4 Å². The number of benzene rings is 2. The van der Waals surface area contributed by atoms with Gasteiger partial charge >= 0.3 is 0 Å². The van der Waals surface area contributed by atoms with Gasteiger partial charge in [-0.05, 0) is 35.7 Å². The number of hydrogen-bond acceptors (Lipinski definition) is 3. The third-order valence-corrected chi connectivity index (χ3v) is 4.84. The Morgan fingerprint density at radius 2 is 1.84 bits per heavy atom. The van der Waals surface area contributed by atoms with Crippen LogP contribution in [0.4, 0.5) is 0 Å². The van der Waals surface area contributed by atoms with Crippen LogP contribution in [0.1, 0.15) is 23.1 Å². The van der Waals surface area contributed by atoms with Crippen LogP contribution in [-0.2, 0) is 17.9 Å². The van der Waals surface area contributed by atoms with E-state index in [0.29, 0.717) is 13.0 Å². The molecule has 2 aromatic rings. The van der Waals surface area contributed by atoms with Crippen molar-refractivity contribution < 1.29 is 9.53 Å². The third-order valence-electron chi connectivity index (χ3n) is 4.84. The molecular formula is C21H26N2O2. The molecule has 132 valence electrons. The first kappa shape index (κ1) is 17.5. The second-order valence-electron chi connectivity index (χ2n) is 6.62. The molecule has 1 fully saturated rings. The lowest BCUT2D eigenvalue weighted by molar-refractivity contribution is -0.130. The summed E-state index contributed by atoms with van der Waals surface area (Å²) in [4.78, 5) is 16.9. The fraction of sp³-hybridized carbons (Fsp3) is 0.381. The standard InChI is InChI=1S/C21H26N2O2/c1-17-6-3-4-8-19(17)16-23-13-12-22(11-10-21(23)24)15-18-7-5-9-20(14-18)25-2/h3-9,14H,10-13,15-16H2,1-2H3. The van der Waals surface area contributed by atoms with Crippen LogP contribution in [0.15, 0.2) is 48.5 Å². The maximum atomic E-state index is 12.5. The molecule has 0 aromatic heterocycles. The molecule has 0 saturated carbocycles. The molecule has 1 amide bonds. The lowest BCUT2D eigenvalue weighted by Gasteiger charge is -2.23. The maximum Gasteiger partial charge on any atom is 0.224 e. The van der Waals surface area contributed by atoms with Crippen molar-refractivity contribution >= 4 is 5.91 Å². The summed E-state index contributed by atoms with van der Waals surface area (Å²) in [7, 11) is 1.69. The number of hydrogen-bond donors (Lipinski definition) is 0. The molecule has 25 heavy (non-hydrogen) atoms. The van der Waals surface area contributed by atoms with Gasteiger partial charge in [0.1, 0.15) is 5.75 Å². The van der Waals surface area contributed by atoms with E-state index in [2.05, 4.69) is 36.1 Å². The number of rotatable bonds is 5. The van der Waals surface area contributed by atoms with Gasteiger partial charge in [-0.3, -0.25) is 9.69 Å². The minimum Gasteiger partial charge on any atom is -0.497 e. The first-order valence-electron chi connectivity index (χ1n) is 8.83. The first-order valence-corrected chi connectivity index (χ1v) is 8.83. The second kappa shape index (κ2) is 8.17. The summed E-state index contributed by atoms with van der Waals surface area (Å²) in [6.07, 6.45) is 0.579. The molecule has 2 aromatic carbocycles. The lowest BCUT2D eigenvalue weighted by Crippen LogP contribution is -2.32. The van der Waals surface area contributed by atoms with Gasteiger partial charge in [0.25, 0.3) is 0 Å². The van der Waals surface area contributed by atoms with Crippen LogP contribution in [0, 0.1) is 6.92 Å². The van der Waals surface area contributed by atoms with Crippen molar-refractivity contribution in [3.63, 3.8) is 0 Å². The minimum atomic E-state index is 0.247. The molecular weight excluding hydrogens is 312 g/mol. The average Bonchev–Trinajstić information content (AvgIpc) is 2.80. The average molecular weight is 338 g/mol. The molecule has 4 nitrogen and oxygen atoms in total. The normalized spacial score (nSPS) is 15.9. The molecule has 4 heteroatoms. The molecule has 1 heterocycles. The van der Waals surface area contributed by atoms with Gasteiger partial charge in [-0.1, -0.05) is 36.4 Å². The monoisotopic (exact) mass is 338 g/mol. The number of aryl methyl sites for hydroxylation is 1. The van der Waals surface area contributed by atoms with Crippen molar-refractivity contribution in [2.75, 3.05) is 26.7 Å². The van der Waals surface area contributed by atoms with Crippen molar-refractivity contribution in [2.24, 2.45) is 0 Å². The van der Waals surface area contributed by atoms with Crippen molar-refractivity contribution in [3.05, 3.63) is 65.2 Å². The predicted octanol–water partition coefficient (Wildman–Crippen LogP) is 3.24. The van der Waals surface area contributed by atoms with Crippen LogP contribution in [0.2, 0.25) is 0 Å². The van der Waals surface area contributed by atoms with Gasteiger partial charge in [-0.25, -0.2) is 0 Å². The van der Waals surface area contributed by atoms with E-state index in [1.807, 2.05) is 29.2 Å².